The van der Waals surface area contributed by atoms with Crippen LogP contribution in [0, 0.1) is 5.92 Å². The van der Waals surface area contributed by atoms with Crippen molar-refractivity contribution in [1.82, 2.24) is 10.3 Å². The van der Waals surface area contributed by atoms with Gasteiger partial charge in [-0.2, -0.15) is 5.10 Å². The minimum absolute atomic E-state index is 0.117. The normalized spacial score (nSPS) is 19.4. The Morgan fingerprint density at radius 1 is 1.15 bits per heavy atom. The molecular weight excluding hydrogens is 416 g/mol. The number of carbonyl (C=O) groups is 1. The molecule has 2 heterocycles. The standard InChI is InChI=1S/C26H32N4O3/c31-26(32)19-30-14-11-21(12-15-30)16-24-17-25(29-33-24)23-8-6-22(7-9-23)18-28-27-13-10-20-4-2-1-3-5-20/h1-9,18,21,24,27H,10-17,19H2,(H,31,32). The van der Waals surface area contributed by atoms with Crippen LogP contribution < -0.4 is 5.43 Å². The van der Waals surface area contributed by atoms with Crippen molar-refractivity contribution in [2.75, 3.05) is 26.2 Å². The van der Waals surface area contributed by atoms with E-state index in [0.29, 0.717) is 5.92 Å². The molecule has 2 N–H and O–H groups in total. The summed E-state index contributed by atoms with van der Waals surface area (Å²) in [6, 6.07) is 18.6. The number of carboxylic acids is 1. The highest BCUT2D eigenvalue weighted by molar-refractivity contribution is 6.01. The van der Waals surface area contributed by atoms with Gasteiger partial charge in [0, 0.05) is 13.0 Å². The Morgan fingerprint density at radius 2 is 1.91 bits per heavy atom. The van der Waals surface area contributed by atoms with Crippen LogP contribution in [0.2, 0.25) is 0 Å². The molecule has 33 heavy (non-hydrogen) atoms. The molecule has 1 atom stereocenters. The van der Waals surface area contributed by atoms with Gasteiger partial charge < -0.3 is 15.4 Å². The third kappa shape index (κ3) is 7.15. The first-order chi connectivity index (χ1) is 16.2. The Kier molecular flexibility index (Phi) is 8.09. The number of piperidine rings is 1. The van der Waals surface area contributed by atoms with Crippen molar-refractivity contribution in [2.45, 2.75) is 38.2 Å². The van der Waals surface area contributed by atoms with Crippen molar-refractivity contribution in [2.24, 2.45) is 16.2 Å². The topological polar surface area (TPSA) is 86.5 Å². The van der Waals surface area contributed by atoms with Crippen molar-refractivity contribution in [3.63, 3.8) is 0 Å². The van der Waals surface area contributed by atoms with Gasteiger partial charge in [0.05, 0.1) is 18.5 Å². The maximum absolute atomic E-state index is 10.9. The first-order valence-electron chi connectivity index (χ1n) is 11.7. The van der Waals surface area contributed by atoms with Crippen molar-refractivity contribution in [3.8, 4) is 0 Å². The number of oxime groups is 1. The maximum atomic E-state index is 10.9. The van der Waals surface area contributed by atoms with Crippen LogP contribution in [0.5, 0.6) is 0 Å². The number of likely N-dealkylation sites (tertiary alicyclic amines) is 1. The predicted molar refractivity (Wildman–Crippen MR) is 130 cm³/mol. The Hall–Kier alpha value is -3.19. The van der Waals surface area contributed by atoms with Gasteiger partial charge in [-0.05, 0) is 61.4 Å². The third-order valence-electron chi connectivity index (χ3n) is 6.31. The van der Waals surface area contributed by atoms with Gasteiger partial charge in [0.15, 0.2) is 0 Å². The second kappa shape index (κ2) is 11.6. The summed E-state index contributed by atoms with van der Waals surface area (Å²) >= 11 is 0. The van der Waals surface area contributed by atoms with E-state index in [4.69, 9.17) is 9.94 Å². The fraction of sp³-hybridized carbons (Fsp3) is 0.423. The fourth-order valence-corrected chi connectivity index (χ4v) is 4.46. The van der Waals surface area contributed by atoms with Gasteiger partial charge >= 0.3 is 5.97 Å². The minimum Gasteiger partial charge on any atom is -0.480 e. The molecule has 2 aliphatic rings. The number of hydrogen-bond donors (Lipinski definition) is 2. The first kappa shape index (κ1) is 23.0. The number of rotatable bonds is 10. The van der Waals surface area contributed by atoms with Crippen LogP contribution >= 0.6 is 0 Å². The number of hydrazone groups is 1. The number of carboxylic acid groups (broad SMARTS) is 1. The molecule has 7 heteroatoms. The zero-order valence-electron chi connectivity index (χ0n) is 18.9. The summed E-state index contributed by atoms with van der Waals surface area (Å²) in [5.74, 6) is -0.176. The molecule has 0 amide bonds. The van der Waals surface area contributed by atoms with Crippen molar-refractivity contribution < 1.29 is 14.7 Å². The van der Waals surface area contributed by atoms with E-state index >= 15 is 0 Å². The Balaban J connectivity index is 1.17. The van der Waals surface area contributed by atoms with E-state index in [-0.39, 0.29) is 12.6 Å². The molecule has 7 nitrogen and oxygen atoms in total. The monoisotopic (exact) mass is 448 g/mol. The van der Waals surface area contributed by atoms with Crippen molar-refractivity contribution in [1.29, 1.82) is 0 Å². The molecule has 0 aromatic heterocycles. The summed E-state index contributed by atoms with van der Waals surface area (Å²) in [6.07, 6.45) is 6.75. The zero-order chi connectivity index (χ0) is 22.9. The number of benzene rings is 2. The van der Waals surface area contributed by atoms with Crippen LogP contribution in [0.1, 0.15) is 42.4 Å². The number of nitrogens with one attached hydrogen (secondary N) is 1. The lowest BCUT2D eigenvalue weighted by Gasteiger charge is -2.31. The van der Waals surface area contributed by atoms with E-state index in [1.54, 1.807) is 0 Å². The second-order valence-electron chi connectivity index (χ2n) is 8.84. The predicted octanol–water partition coefficient (Wildman–Crippen LogP) is 3.53. The first-order valence-corrected chi connectivity index (χ1v) is 11.7. The number of nitrogens with zero attached hydrogens (tertiary/aromatic N) is 3. The van der Waals surface area contributed by atoms with Crippen LogP contribution in [-0.2, 0) is 16.1 Å². The highest BCUT2D eigenvalue weighted by Crippen LogP contribution is 2.27. The van der Waals surface area contributed by atoms with E-state index in [2.05, 4.69) is 52.1 Å². The molecule has 174 valence electrons. The van der Waals surface area contributed by atoms with Crippen LogP contribution in [-0.4, -0.2) is 60.2 Å². The minimum atomic E-state index is -0.748. The quantitative estimate of drug-likeness (QED) is 0.330. The van der Waals surface area contributed by atoms with E-state index in [0.717, 1.165) is 68.6 Å². The Morgan fingerprint density at radius 3 is 2.64 bits per heavy atom. The van der Waals surface area contributed by atoms with E-state index in [9.17, 15) is 4.79 Å². The van der Waals surface area contributed by atoms with Crippen molar-refractivity contribution >= 4 is 17.9 Å². The van der Waals surface area contributed by atoms with Crippen LogP contribution in [0.4, 0.5) is 0 Å². The van der Waals surface area contributed by atoms with E-state index < -0.39 is 5.97 Å². The molecule has 0 aliphatic carbocycles. The maximum Gasteiger partial charge on any atom is 0.317 e. The number of aliphatic carboxylic acids is 1. The summed E-state index contributed by atoms with van der Waals surface area (Å²) < 4.78 is 0. The molecule has 0 spiro atoms. The molecule has 1 fully saturated rings. The lowest BCUT2D eigenvalue weighted by molar-refractivity contribution is -0.138. The molecule has 0 saturated carbocycles. The summed E-state index contributed by atoms with van der Waals surface area (Å²) in [4.78, 5) is 18.6. The largest absolute Gasteiger partial charge is 0.480 e. The summed E-state index contributed by atoms with van der Waals surface area (Å²) in [7, 11) is 0. The average molecular weight is 449 g/mol. The molecular formula is C26H32N4O3. The lowest BCUT2D eigenvalue weighted by atomic mass is 9.89. The van der Waals surface area contributed by atoms with E-state index in [1.807, 2.05) is 29.3 Å². The molecule has 2 aromatic carbocycles. The SMILES string of the molecule is O=C(O)CN1CCC(CC2CC(c3ccc(C=NNCCc4ccccc4)cc3)=NO2)CC1. The summed E-state index contributed by atoms with van der Waals surface area (Å²) in [6.45, 7) is 2.64. The summed E-state index contributed by atoms with van der Waals surface area (Å²) in [5.41, 5.74) is 7.52. The molecule has 2 aromatic rings. The van der Waals surface area contributed by atoms with Gasteiger partial charge in [0.25, 0.3) is 0 Å². The van der Waals surface area contributed by atoms with Gasteiger partial charge in [-0.3, -0.25) is 9.69 Å². The van der Waals surface area contributed by atoms with E-state index in [1.165, 1.54) is 5.56 Å². The van der Waals surface area contributed by atoms with Gasteiger partial charge in [0.2, 0.25) is 0 Å². The highest BCUT2D eigenvalue weighted by Gasteiger charge is 2.28. The van der Waals surface area contributed by atoms with Crippen LogP contribution in [0.25, 0.3) is 0 Å². The Bertz CT molecular complexity index is 951. The van der Waals surface area contributed by atoms with Crippen LogP contribution in [0.3, 0.4) is 0 Å². The van der Waals surface area contributed by atoms with Crippen LogP contribution in [0.15, 0.2) is 64.9 Å². The molecule has 1 unspecified atom stereocenters. The van der Waals surface area contributed by atoms with Gasteiger partial charge in [-0.25, -0.2) is 0 Å². The smallest absolute Gasteiger partial charge is 0.317 e. The zero-order valence-corrected chi connectivity index (χ0v) is 18.9. The average Bonchev–Trinajstić information content (AvgIpc) is 3.29. The van der Waals surface area contributed by atoms with Gasteiger partial charge in [0.1, 0.15) is 6.10 Å². The third-order valence-corrected chi connectivity index (χ3v) is 6.31. The van der Waals surface area contributed by atoms with Crippen molar-refractivity contribution in [3.05, 3.63) is 71.3 Å². The molecule has 2 aliphatic heterocycles. The fourth-order valence-electron chi connectivity index (χ4n) is 4.46. The lowest BCUT2D eigenvalue weighted by Crippen LogP contribution is -2.38. The highest BCUT2D eigenvalue weighted by atomic mass is 16.6. The molecule has 1 saturated heterocycles. The Labute approximate surface area is 195 Å². The van der Waals surface area contributed by atoms with Gasteiger partial charge in [-0.1, -0.05) is 59.8 Å². The molecule has 0 bridgehead atoms. The number of hydrogen-bond acceptors (Lipinski definition) is 6. The summed E-state index contributed by atoms with van der Waals surface area (Å²) in [5, 5.41) is 17.6. The second-order valence-corrected chi connectivity index (χ2v) is 8.84. The van der Waals surface area contributed by atoms with Gasteiger partial charge in [-0.15, -0.1) is 0 Å². The molecule has 0 radical (unpaired) electrons. The molecule has 4 rings (SSSR count).